The molecule has 0 saturated carbocycles. The minimum Gasteiger partial charge on any atom is -0.432 e. The minimum absolute atomic E-state index is 0.0796. The van der Waals surface area contributed by atoms with E-state index in [2.05, 4.69) is 15.4 Å². The van der Waals surface area contributed by atoms with Gasteiger partial charge in [-0.05, 0) is 24.6 Å². The topological polar surface area (TPSA) is 112 Å². The molecule has 2 heterocycles. The Morgan fingerprint density at radius 3 is 2.78 bits per heavy atom. The van der Waals surface area contributed by atoms with Crippen molar-refractivity contribution in [1.82, 2.24) is 20.1 Å². The number of hydrogen-bond donors (Lipinski definition) is 1. The molecule has 0 aliphatic rings. The van der Waals surface area contributed by atoms with Crippen LogP contribution in [0, 0.1) is 17.0 Å². The molecule has 0 unspecified atom stereocenters. The minimum atomic E-state index is -0.525. The van der Waals surface area contributed by atoms with E-state index in [1.54, 1.807) is 44.6 Å². The number of para-hydroxylation sites is 2. The zero-order chi connectivity index (χ0) is 19.4. The number of carbonyl (C=O) groups is 1. The summed E-state index contributed by atoms with van der Waals surface area (Å²) in [4.78, 5) is 27.1. The Kier molecular flexibility index (Phi) is 5.11. The van der Waals surface area contributed by atoms with E-state index in [0.29, 0.717) is 12.1 Å². The molecule has 9 nitrogen and oxygen atoms in total. The first-order valence-electron chi connectivity index (χ1n) is 8.09. The van der Waals surface area contributed by atoms with Crippen LogP contribution in [0.2, 0.25) is 0 Å². The highest BCUT2D eigenvalue weighted by molar-refractivity contribution is 5.94. The highest BCUT2D eigenvalue weighted by atomic mass is 16.6. The number of benzene rings is 1. The van der Waals surface area contributed by atoms with Crippen LogP contribution in [-0.4, -0.2) is 25.6 Å². The summed E-state index contributed by atoms with van der Waals surface area (Å²) in [5.41, 5.74) is 1.37. The summed E-state index contributed by atoms with van der Waals surface area (Å²) in [6.07, 6.45) is 3.31. The number of aryl methyl sites for hydroxylation is 1. The van der Waals surface area contributed by atoms with Gasteiger partial charge in [0.15, 0.2) is 5.69 Å². The van der Waals surface area contributed by atoms with Crippen LogP contribution < -0.4 is 10.1 Å². The van der Waals surface area contributed by atoms with Gasteiger partial charge in [-0.15, -0.1) is 0 Å². The van der Waals surface area contributed by atoms with Crippen LogP contribution in [0.15, 0.2) is 48.8 Å². The average Bonchev–Trinajstić information content (AvgIpc) is 2.95. The van der Waals surface area contributed by atoms with Crippen LogP contribution in [-0.2, 0) is 13.6 Å². The van der Waals surface area contributed by atoms with Crippen LogP contribution in [0.25, 0.3) is 0 Å². The van der Waals surface area contributed by atoms with E-state index in [0.717, 1.165) is 5.56 Å². The smallest absolute Gasteiger partial charge is 0.311 e. The van der Waals surface area contributed by atoms with Gasteiger partial charge in [-0.1, -0.05) is 18.2 Å². The second-order valence-electron chi connectivity index (χ2n) is 5.77. The maximum Gasteiger partial charge on any atom is 0.311 e. The zero-order valence-corrected chi connectivity index (χ0v) is 14.7. The molecule has 1 aromatic carbocycles. The van der Waals surface area contributed by atoms with Crippen molar-refractivity contribution in [1.29, 1.82) is 0 Å². The molecule has 2 aromatic heterocycles. The van der Waals surface area contributed by atoms with Crippen LogP contribution in [0.5, 0.6) is 11.6 Å². The van der Waals surface area contributed by atoms with Gasteiger partial charge in [0, 0.05) is 37.6 Å². The number of nitro groups is 1. The van der Waals surface area contributed by atoms with Crippen molar-refractivity contribution in [3.63, 3.8) is 0 Å². The Hall–Kier alpha value is -3.75. The summed E-state index contributed by atoms with van der Waals surface area (Å²) in [7, 11) is 1.61. The summed E-state index contributed by atoms with van der Waals surface area (Å²) in [5.74, 6) is -0.0314. The molecule has 3 aromatic rings. The molecule has 27 heavy (non-hydrogen) atoms. The van der Waals surface area contributed by atoms with Crippen molar-refractivity contribution >= 4 is 11.6 Å². The number of carbonyl (C=O) groups excluding carboxylic acids is 1. The molecule has 1 amide bonds. The van der Waals surface area contributed by atoms with Crippen molar-refractivity contribution in [2.45, 2.75) is 13.5 Å². The summed E-state index contributed by atoms with van der Waals surface area (Å²) in [6.45, 7) is 1.99. The van der Waals surface area contributed by atoms with Gasteiger partial charge in [-0.2, -0.15) is 5.10 Å². The highest BCUT2D eigenvalue weighted by Crippen LogP contribution is 2.33. The second kappa shape index (κ2) is 7.65. The van der Waals surface area contributed by atoms with E-state index in [4.69, 9.17) is 4.74 Å². The number of nitrogens with one attached hydrogen (secondary N) is 1. The van der Waals surface area contributed by atoms with Crippen LogP contribution >= 0.6 is 0 Å². The molecule has 1 N–H and O–H groups in total. The van der Waals surface area contributed by atoms with Gasteiger partial charge in [0.2, 0.25) is 11.6 Å². The fourth-order valence-electron chi connectivity index (χ4n) is 2.54. The molecule has 0 atom stereocenters. The molecule has 9 heteroatoms. The summed E-state index contributed by atoms with van der Waals surface area (Å²) in [5, 5.41) is 18.1. The Bertz CT molecular complexity index is 985. The maximum absolute atomic E-state index is 12.5. The SMILES string of the molecule is Cc1c(C(=O)NCc2cccnc2)nn(C)c1Oc1ccccc1[N+](=O)[O-]. The fraction of sp³-hybridized carbons (Fsp3) is 0.167. The Morgan fingerprint density at radius 1 is 1.30 bits per heavy atom. The third kappa shape index (κ3) is 3.92. The van der Waals surface area contributed by atoms with E-state index in [-0.39, 0.29) is 28.9 Å². The number of nitrogens with zero attached hydrogens (tertiary/aromatic N) is 4. The number of ether oxygens (including phenoxy) is 1. The lowest BCUT2D eigenvalue weighted by molar-refractivity contribution is -0.385. The van der Waals surface area contributed by atoms with Crippen LogP contribution in [0.4, 0.5) is 5.69 Å². The van der Waals surface area contributed by atoms with Crippen molar-refractivity contribution in [2.24, 2.45) is 7.05 Å². The number of aromatic nitrogens is 3. The van der Waals surface area contributed by atoms with E-state index in [9.17, 15) is 14.9 Å². The molecular weight excluding hydrogens is 350 g/mol. The van der Waals surface area contributed by atoms with E-state index < -0.39 is 4.92 Å². The van der Waals surface area contributed by atoms with Gasteiger partial charge in [-0.25, -0.2) is 4.68 Å². The zero-order valence-electron chi connectivity index (χ0n) is 14.7. The Balaban J connectivity index is 1.81. The predicted molar refractivity (Wildman–Crippen MR) is 96.5 cm³/mol. The monoisotopic (exact) mass is 367 g/mol. The van der Waals surface area contributed by atoms with Crippen molar-refractivity contribution in [2.75, 3.05) is 0 Å². The Labute approximate surface area is 154 Å². The predicted octanol–water partition coefficient (Wildman–Crippen LogP) is 2.75. The van der Waals surface area contributed by atoms with Crippen LogP contribution in [0.3, 0.4) is 0 Å². The normalized spacial score (nSPS) is 10.4. The highest BCUT2D eigenvalue weighted by Gasteiger charge is 2.23. The van der Waals surface area contributed by atoms with Gasteiger partial charge in [-0.3, -0.25) is 19.9 Å². The molecular formula is C18H17N5O4. The lowest BCUT2D eigenvalue weighted by Gasteiger charge is -2.07. The number of nitro benzene ring substituents is 1. The first-order chi connectivity index (χ1) is 13.0. The lowest BCUT2D eigenvalue weighted by Crippen LogP contribution is -2.24. The molecule has 0 radical (unpaired) electrons. The lowest BCUT2D eigenvalue weighted by atomic mass is 10.2. The largest absolute Gasteiger partial charge is 0.432 e. The fourth-order valence-corrected chi connectivity index (χ4v) is 2.54. The van der Waals surface area contributed by atoms with Gasteiger partial charge >= 0.3 is 5.69 Å². The van der Waals surface area contributed by atoms with E-state index in [1.807, 2.05) is 6.07 Å². The van der Waals surface area contributed by atoms with Gasteiger partial charge in [0.05, 0.1) is 4.92 Å². The van der Waals surface area contributed by atoms with Crippen molar-refractivity contribution in [3.05, 3.63) is 75.7 Å². The Morgan fingerprint density at radius 2 is 2.07 bits per heavy atom. The molecule has 138 valence electrons. The molecule has 0 bridgehead atoms. The first-order valence-corrected chi connectivity index (χ1v) is 8.09. The molecule has 0 fully saturated rings. The summed E-state index contributed by atoms with van der Waals surface area (Å²) < 4.78 is 7.07. The van der Waals surface area contributed by atoms with Gasteiger partial charge < -0.3 is 10.1 Å². The number of amides is 1. The van der Waals surface area contributed by atoms with Crippen LogP contribution in [0.1, 0.15) is 21.6 Å². The van der Waals surface area contributed by atoms with Gasteiger partial charge in [0.1, 0.15) is 0 Å². The summed E-state index contributed by atoms with van der Waals surface area (Å²) >= 11 is 0. The first kappa shape index (κ1) is 18.1. The van der Waals surface area contributed by atoms with E-state index >= 15 is 0 Å². The molecule has 0 saturated heterocycles. The molecule has 0 aliphatic heterocycles. The van der Waals surface area contributed by atoms with Crippen molar-refractivity contribution in [3.8, 4) is 11.6 Å². The number of hydrogen-bond acceptors (Lipinski definition) is 6. The quantitative estimate of drug-likeness (QED) is 0.529. The standard InChI is InChI=1S/C18H17N5O4/c1-12-16(17(24)20-11-13-6-5-9-19-10-13)21-22(2)18(12)27-15-8-4-3-7-14(15)23(25)26/h3-10H,11H2,1-2H3,(H,20,24). The summed E-state index contributed by atoms with van der Waals surface area (Å²) in [6, 6.07) is 9.66. The third-order valence-corrected chi connectivity index (χ3v) is 3.88. The molecule has 0 spiro atoms. The number of pyridine rings is 1. The van der Waals surface area contributed by atoms with Gasteiger partial charge in [0.25, 0.3) is 5.91 Å². The number of rotatable bonds is 6. The third-order valence-electron chi connectivity index (χ3n) is 3.88. The van der Waals surface area contributed by atoms with Crippen molar-refractivity contribution < 1.29 is 14.5 Å². The van der Waals surface area contributed by atoms with E-state index in [1.165, 1.54) is 16.8 Å². The molecule has 0 aliphatic carbocycles. The maximum atomic E-state index is 12.5. The molecule has 3 rings (SSSR count). The second-order valence-corrected chi connectivity index (χ2v) is 5.77. The average molecular weight is 367 g/mol.